The fourth-order valence-electron chi connectivity index (χ4n) is 2.91. The third kappa shape index (κ3) is 3.48. The predicted octanol–water partition coefficient (Wildman–Crippen LogP) is 4.05. The highest BCUT2D eigenvalue weighted by atomic mass is 16.3. The van der Waals surface area contributed by atoms with Crippen molar-refractivity contribution in [1.82, 2.24) is 5.32 Å². The van der Waals surface area contributed by atoms with Gasteiger partial charge in [0.1, 0.15) is 5.76 Å². The van der Waals surface area contributed by atoms with E-state index in [1.807, 2.05) is 13.0 Å². The number of hydrogen-bond donors (Lipinski definition) is 1. The predicted molar refractivity (Wildman–Crippen MR) is 87.4 cm³/mol. The molecule has 0 saturated heterocycles. The Hall–Kier alpha value is -2.29. The number of fused-ring (bicyclic) bond motifs is 1. The van der Waals surface area contributed by atoms with Gasteiger partial charge in [-0.1, -0.05) is 18.2 Å². The minimum atomic E-state index is -0.110. The van der Waals surface area contributed by atoms with E-state index in [4.69, 9.17) is 4.42 Å². The molecule has 1 aliphatic carbocycles. The van der Waals surface area contributed by atoms with Crippen molar-refractivity contribution in [3.8, 4) is 0 Å². The van der Waals surface area contributed by atoms with Gasteiger partial charge in [-0.25, -0.2) is 0 Å². The molecule has 0 aliphatic heterocycles. The molecule has 0 radical (unpaired) electrons. The second kappa shape index (κ2) is 6.65. The normalized spacial score (nSPS) is 15.5. The van der Waals surface area contributed by atoms with E-state index in [2.05, 4.69) is 23.5 Å². The van der Waals surface area contributed by atoms with Crippen molar-refractivity contribution in [3.05, 3.63) is 65.1 Å². The van der Waals surface area contributed by atoms with Crippen LogP contribution in [0.15, 0.2) is 47.1 Å². The first-order chi connectivity index (χ1) is 10.7. The minimum Gasteiger partial charge on any atom is -0.465 e. The summed E-state index contributed by atoms with van der Waals surface area (Å²) in [5, 5.41) is 3.00. The minimum absolute atomic E-state index is 0.000905. The van der Waals surface area contributed by atoms with Gasteiger partial charge >= 0.3 is 0 Å². The lowest BCUT2D eigenvalue weighted by atomic mass is 9.89. The lowest BCUT2D eigenvalue weighted by Crippen LogP contribution is -2.24. The Kier molecular flexibility index (Phi) is 4.42. The van der Waals surface area contributed by atoms with Gasteiger partial charge in [0.25, 0.3) is 0 Å². The highest BCUT2D eigenvalue weighted by Crippen LogP contribution is 2.24. The summed E-state index contributed by atoms with van der Waals surface area (Å²) in [6.07, 6.45) is 9.67. The van der Waals surface area contributed by atoms with Crippen molar-refractivity contribution in [1.29, 1.82) is 0 Å². The Morgan fingerprint density at radius 1 is 1.23 bits per heavy atom. The highest BCUT2D eigenvalue weighted by Gasteiger charge is 2.13. The maximum absolute atomic E-state index is 12.0. The SMILES string of the molecule is C[C@@H](NC(=O)/C=C/c1ccco1)c1ccc2c(c1)CCCC2. The Bertz CT molecular complexity index is 671. The molecule has 1 atom stereocenters. The smallest absolute Gasteiger partial charge is 0.244 e. The molecule has 3 heteroatoms. The molecule has 0 bridgehead atoms. The van der Waals surface area contributed by atoms with Crippen molar-refractivity contribution >= 4 is 12.0 Å². The van der Waals surface area contributed by atoms with Crippen LogP contribution in [-0.2, 0) is 17.6 Å². The van der Waals surface area contributed by atoms with E-state index in [-0.39, 0.29) is 11.9 Å². The molecule has 0 fully saturated rings. The van der Waals surface area contributed by atoms with Gasteiger partial charge in [-0.3, -0.25) is 4.79 Å². The van der Waals surface area contributed by atoms with Crippen LogP contribution in [0.2, 0.25) is 0 Å². The van der Waals surface area contributed by atoms with Crippen molar-refractivity contribution in [2.75, 3.05) is 0 Å². The van der Waals surface area contributed by atoms with E-state index in [0.29, 0.717) is 5.76 Å². The van der Waals surface area contributed by atoms with Gasteiger partial charge in [0, 0.05) is 6.08 Å². The second-order valence-electron chi connectivity index (χ2n) is 5.81. The zero-order chi connectivity index (χ0) is 15.4. The van der Waals surface area contributed by atoms with Crippen LogP contribution in [0, 0.1) is 0 Å². The van der Waals surface area contributed by atoms with Gasteiger partial charge in [0.15, 0.2) is 0 Å². The number of aryl methyl sites for hydroxylation is 2. The molecule has 1 N–H and O–H groups in total. The Morgan fingerprint density at radius 2 is 2.05 bits per heavy atom. The third-order valence-corrected chi connectivity index (χ3v) is 4.17. The summed E-state index contributed by atoms with van der Waals surface area (Å²) in [5.41, 5.74) is 4.07. The van der Waals surface area contributed by atoms with Gasteiger partial charge < -0.3 is 9.73 Å². The number of nitrogens with one attached hydrogen (secondary N) is 1. The van der Waals surface area contributed by atoms with E-state index in [1.54, 1.807) is 18.4 Å². The third-order valence-electron chi connectivity index (χ3n) is 4.17. The lowest BCUT2D eigenvalue weighted by molar-refractivity contribution is -0.117. The highest BCUT2D eigenvalue weighted by molar-refractivity contribution is 5.91. The molecule has 2 aromatic rings. The summed E-state index contributed by atoms with van der Waals surface area (Å²) < 4.78 is 5.17. The van der Waals surface area contributed by atoms with E-state index in [1.165, 1.54) is 42.0 Å². The van der Waals surface area contributed by atoms with Gasteiger partial charge in [-0.05, 0) is 67.5 Å². The van der Waals surface area contributed by atoms with Crippen molar-refractivity contribution in [2.24, 2.45) is 0 Å². The molecular weight excluding hydrogens is 274 g/mol. The Morgan fingerprint density at radius 3 is 2.82 bits per heavy atom. The first kappa shape index (κ1) is 14.6. The van der Waals surface area contributed by atoms with Crippen LogP contribution >= 0.6 is 0 Å². The molecule has 1 amide bonds. The van der Waals surface area contributed by atoms with E-state index < -0.39 is 0 Å². The summed E-state index contributed by atoms with van der Waals surface area (Å²) >= 11 is 0. The summed E-state index contributed by atoms with van der Waals surface area (Å²) in [7, 11) is 0. The quantitative estimate of drug-likeness (QED) is 0.865. The number of benzene rings is 1. The van der Waals surface area contributed by atoms with Gasteiger partial charge in [0.2, 0.25) is 5.91 Å². The molecule has 3 nitrogen and oxygen atoms in total. The number of rotatable bonds is 4. The molecular formula is C19H21NO2. The fourth-order valence-corrected chi connectivity index (χ4v) is 2.91. The lowest BCUT2D eigenvalue weighted by Gasteiger charge is -2.19. The average Bonchev–Trinajstić information content (AvgIpc) is 3.06. The number of hydrogen-bond acceptors (Lipinski definition) is 2. The Balaban J connectivity index is 1.64. The van der Waals surface area contributed by atoms with Crippen LogP contribution in [0.4, 0.5) is 0 Å². The zero-order valence-corrected chi connectivity index (χ0v) is 12.8. The van der Waals surface area contributed by atoms with Gasteiger partial charge in [0.05, 0.1) is 12.3 Å². The number of amides is 1. The molecule has 1 aromatic heterocycles. The summed E-state index contributed by atoms with van der Waals surface area (Å²) in [4.78, 5) is 12.0. The van der Waals surface area contributed by atoms with Crippen LogP contribution in [0.25, 0.3) is 6.08 Å². The molecule has 3 rings (SSSR count). The van der Waals surface area contributed by atoms with E-state index >= 15 is 0 Å². The van der Waals surface area contributed by atoms with Crippen LogP contribution < -0.4 is 5.32 Å². The molecule has 0 unspecified atom stereocenters. The molecule has 0 saturated carbocycles. The molecule has 114 valence electrons. The van der Waals surface area contributed by atoms with Crippen LogP contribution in [0.5, 0.6) is 0 Å². The van der Waals surface area contributed by atoms with E-state index in [9.17, 15) is 4.79 Å². The summed E-state index contributed by atoms with van der Waals surface area (Å²) in [5.74, 6) is 0.568. The standard InChI is InChI=1S/C19H21NO2/c1-14(20-19(21)11-10-18-7-4-12-22-18)16-9-8-15-5-2-3-6-17(15)13-16/h4,7-14H,2-3,5-6H2,1H3,(H,20,21)/b11-10+/t14-/m1/s1. The molecule has 22 heavy (non-hydrogen) atoms. The maximum atomic E-state index is 12.0. The Labute approximate surface area is 131 Å². The first-order valence-electron chi connectivity index (χ1n) is 7.86. The van der Waals surface area contributed by atoms with Gasteiger partial charge in [-0.15, -0.1) is 0 Å². The topological polar surface area (TPSA) is 42.2 Å². The van der Waals surface area contributed by atoms with Crippen molar-refractivity contribution in [3.63, 3.8) is 0 Å². The monoisotopic (exact) mass is 295 g/mol. The molecule has 1 aromatic carbocycles. The molecule has 1 heterocycles. The first-order valence-corrected chi connectivity index (χ1v) is 7.86. The fraction of sp³-hybridized carbons (Fsp3) is 0.316. The number of carbonyl (C=O) groups excluding carboxylic acids is 1. The second-order valence-corrected chi connectivity index (χ2v) is 5.81. The molecule has 1 aliphatic rings. The molecule has 0 spiro atoms. The summed E-state index contributed by atoms with van der Waals surface area (Å²) in [6, 6.07) is 10.2. The van der Waals surface area contributed by atoms with Gasteiger partial charge in [-0.2, -0.15) is 0 Å². The number of furan rings is 1. The average molecular weight is 295 g/mol. The van der Waals surface area contributed by atoms with Crippen LogP contribution in [0.1, 0.15) is 48.3 Å². The van der Waals surface area contributed by atoms with Crippen molar-refractivity contribution in [2.45, 2.75) is 38.6 Å². The maximum Gasteiger partial charge on any atom is 0.244 e. The number of carbonyl (C=O) groups is 1. The largest absolute Gasteiger partial charge is 0.465 e. The zero-order valence-electron chi connectivity index (χ0n) is 12.8. The van der Waals surface area contributed by atoms with E-state index in [0.717, 1.165) is 6.42 Å². The van der Waals surface area contributed by atoms with Crippen LogP contribution in [0.3, 0.4) is 0 Å². The van der Waals surface area contributed by atoms with Crippen LogP contribution in [-0.4, -0.2) is 5.91 Å². The summed E-state index contributed by atoms with van der Waals surface area (Å²) in [6.45, 7) is 2.02. The van der Waals surface area contributed by atoms with Crippen molar-refractivity contribution < 1.29 is 9.21 Å².